The number of ether oxygens (including phenoxy) is 2. The van der Waals surface area contributed by atoms with E-state index in [1.54, 1.807) is 55.5 Å². The van der Waals surface area contributed by atoms with Crippen LogP contribution in [0.3, 0.4) is 0 Å². The second kappa shape index (κ2) is 7.31. The summed E-state index contributed by atoms with van der Waals surface area (Å²) in [4.78, 5) is 23.2. The SMILES string of the molecule is COc1ccccc1C(=O)Nc1ccc(OC(C)C(N)=O)cc1. The molecule has 6 nitrogen and oxygen atoms in total. The van der Waals surface area contributed by atoms with Gasteiger partial charge in [0.2, 0.25) is 0 Å². The van der Waals surface area contributed by atoms with Gasteiger partial charge in [-0.15, -0.1) is 0 Å². The van der Waals surface area contributed by atoms with Crippen LogP contribution in [0.15, 0.2) is 48.5 Å². The summed E-state index contributed by atoms with van der Waals surface area (Å²) in [6, 6.07) is 13.6. The van der Waals surface area contributed by atoms with E-state index in [1.165, 1.54) is 7.11 Å². The van der Waals surface area contributed by atoms with E-state index >= 15 is 0 Å². The van der Waals surface area contributed by atoms with Crippen molar-refractivity contribution < 1.29 is 19.1 Å². The minimum absolute atomic E-state index is 0.276. The summed E-state index contributed by atoms with van der Waals surface area (Å²) >= 11 is 0. The zero-order chi connectivity index (χ0) is 16.8. The molecule has 23 heavy (non-hydrogen) atoms. The van der Waals surface area contributed by atoms with Crippen molar-refractivity contribution in [2.45, 2.75) is 13.0 Å². The van der Waals surface area contributed by atoms with Crippen LogP contribution in [0.25, 0.3) is 0 Å². The lowest BCUT2D eigenvalue weighted by Crippen LogP contribution is -2.30. The van der Waals surface area contributed by atoms with Crippen molar-refractivity contribution >= 4 is 17.5 Å². The normalized spacial score (nSPS) is 11.4. The molecule has 0 aliphatic rings. The number of amides is 2. The first-order chi connectivity index (χ1) is 11.0. The maximum Gasteiger partial charge on any atom is 0.259 e. The van der Waals surface area contributed by atoms with Gasteiger partial charge in [-0.05, 0) is 43.3 Å². The number of para-hydroxylation sites is 1. The molecule has 0 saturated carbocycles. The quantitative estimate of drug-likeness (QED) is 0.855. The van der Waals surface area contributed by atoms with E-state index in [2.05, 4.69) is 5.32 Å². The van der Waals surface area contributed by atoms with Gasteiger partial charge in [0.25, 0.3) is 11.8 Å². The van der Waals surface area contributed by atoms with Crippen molar-refractivity contribution in [3.63, 3.8) is 0 Å². The Balaban J connectivity index is 2.06. The molecule has 6 heteroatoms. The summed E-state index contributed by atoms with van der Waals surface area (Å²) < 4.78 is 10.5. The van der Waals surface area contributed by atoms with Crippen molar-refractivity contribution in [1.29, 1.82) is 0 Å². The number of methoxy groups -OCH3 is 1. The number of carbonyl (C=O) groups is 2. The van der Waals surface area contributed by atoms with E-state index in [-0.39, 0.29) is 5.91 Å². The Kier molecular flexibility index (Phi) is 5.19. The second-order valence-corrected chi connectivity index (χ2v) is 4.84. The van der Waals surface area contributed by atoms with Crippen LogP contribution >= 0.6 is 0 Å². The van der Waals surface area contributed by atoms with Crippen molar-refractivity contribution in [1.82, 2.24) is 0 Å². The first-order valence-electron chi connectivity index (χ1n) is 7.01. The third-order valence-corrected chi connectivity index (χ3v) is 3.18. The van der Waals surface area contributed by atoms with Crippen LogP contribution in [-0.4, -0.2) is 25.0 Å². The number of rotatable bonds is 6. The maximum atomic E-state index is 12.3. The number of hydrogen-bond acceptors (Lipinski definition) is 4. The van der Waals surface area contributed by atoms with E-state index in [0.717, 1.165) is 0 Å². The molecular formula is C17H18N2O4. The smallest absolute Gasteiger partial charge is 0.259 e. The highest BCUT2D eigenvalue weighted by atomic mass is 16.5. The van der Waals surface area contributed by atoms with Crippen LogP contribution in [0.1, 0.15) is 17.3 Å². The highest BCUT2D eigenvalue weighted by Crippen LogP contribution is 2.21. The molecule has 0 heterocycles. The van der Waals surface area contributed by atoms with Gasteiger partial charge in [-0.2, -0.15) is 0 Å². The number of primary amides is 1. The van der Waals surface area contributed by atoms with Crippen LogP contribution < -0.4 is 20.5 Å². The van der Waals surface area contributed by atoms with E-state index < -0.39 is 12.0 Å². The molecular weight excluding hydrogens is 296 g/mol. The lowest BCUT2D eigenvalue weighted by Gasteiger charge is -2.12. The zero-order valence-corrected chi connectivity index (χ0v) is 12.9. The molecule has 1 atom stereocenters. The molecule has 0 aliphatic carbocycles. The third-order valence-electron chi connectivity index (χ3n) is 3.18. The van der Waals surface area contributed by atoms with E-state index in [0.29, 0.717) is 22.7 Å². The molecule has 0 bridgehead atoms. The minimum Gasteiger partial charge on any atom is -0.496 e. The van der Waals surface area contributed by atoms with Gasteiger partial charge in [0.15, 0.2) is 6.10 Å². The highest BCUT2D eigenvalue weighted by molar-refractivity contribution is 6.06. The Labute approximate surface area is 134 Å². The van der Waals surface area contributed by atoms with Gasteiger partial charge in [-0.25, -0.2) is 0 Å². The first-order valence-corrected chi connectivity index (χ1v) is 7.01. The predicted octanol–water partition coefficient (Wildman–Crippen LogP) is 2.20. The minimum atomic E-state index is -0.718. The largest absolute Gasteiger partial charge is 0.496 e. The van der Waals surface area contributed by atoms with Crippen molar-refractivity contribution in [3.8, 4) is 11.5 Å². The van der Waals surface area contributed by atoms with Gasteiger partial charge < -0.3 is 20.5 Å². The fraction of sp³-hybridized carbons (Fsp3) is 0.176. The van der Waals surface area contributed by atoms with Crippen LogP contribution in [0, 0.1) is 0 Å². The molecule has 2 aromatic rings. The molecule has 0 radical (unpaired) electrons. The summed E-state index contributed by atoms with van der Waals surface area (Å²) in [5.74, 6) is 0.173. The van der Waals surface area contributed by atoms with Crippen molar-refractivity contribution in [3.05, 3.63) is 54.1 Å². The lowest BCUT2D eigenvalue weighted by molar-refractivity contribution is -0.123. The number of nitrogens with two attached hydrogens (primary N) is 1. The number of anilines is 1. The van der Waals surface area contributed by atoms with Crippen LogP contribution in [0.2, 0.25) is 0 Å². The molecule has 0 fully saturated rings. The third kappa shape index (κ3) is 4.23. The molecule has 2 amide bonds. The molecule has 2 rings (SSSR count). The molecule has 120 valence electrons. The van der Waals surface area contributed by atoms with Crippen molar-refractivity contribution in [2.75, 3.05) is 12.4 Å². The number of carbonyl (C=O) groups excluding carboxylic acids is 2. The Hall–Kier alpha value is -3.02. The number of nitrogens with one attached hydrogen (secondary N) is 1. The fourth-order valence-corrected chi connectivity index (χ4v) is 1.91. The second-order valence-electron chi connectivity index (χ2n) is 4.84. The molecule has 3 N–H and O–H groups in total. The van der Waals surface area contributed by atoms with Crippen LogP contribution in [-0.2, 0) is 4.79 Å². The van der Waals surface area contributed by atoms with Gasteiger partial charge in [0.05, 0.1) is 12.7 Å². The lowest BCUT2D eigenvalue weighted by atomic mass is 10.2. The molecule has 2 aromatic carbocycles. The molecule has 0 saturated heterocycles. The van der Waals surface area contributed by atoms with Gasteiger partial charge in [-0.3, -0.25) is 9.59 Å². The van der Waals surface area contributed by atoms with Gasteiger partial charge in [0.1, 0.15) is 11.5 Å². The number of hydrogen-bond donors (Lipinski definition) is 2. The Morgan fingerprint density at radius 2 is 1.74 bits per heavy atom. The zero-order valence-electron chi connectivity index (χ0n) is 12.9. The summed E-state index contributed by atoms with van der Waals surface area (Å²) in [6.07, 6.45) is -0.718. The average molecular weight is 314 g/mol. The topological polar surface area (TPSA) is 90.7 Å². The molecule has 0 aromatic heterocycles. The monoisotopic (exact) mass is 314 g/mol. The first kappa shape index (κ1) is 16.4. The Morgan fingerprint density at radius 1 is 1.09 bits per heavy atom. The predicted molar refractivity (Wildman–Crippen MR) is 86.7 cm³/mol. The number of benzene rings is 2. The van der Waals surface area contributed by atoms with E-state index in [1.807, 2.05) is 0 Å². The van der Waals surface area contributed by atoms with Gasteiger partial charge in [-0.1, -0.05) is 12.1 Å². The maximum absolute atomic E-state index is 12.3. The van der Waals surface area contributed by atoms with Crippen LogP contribution in [0.4, 0.5) is 5.69 Å². The van der Waals surface area contributed by atoms with Gasteiger partial charge >= 0.3 is 0 Å². The van der Waals surface area contributed by atoms with Gasteiger partial charge in [0, 0.05) is 5.69 Å². The Bertz CT molecular complexity index is 698. The van der Waals surface area contributed by atoms with E-state index in [4.69, 9.17) is 15.2 Å². The fourth-order valence-electron chi connectivity index (χ4n) is 1.91. The highest BCUT2D eigenvalue weighted by Gasteiger charge is 2.12. The molecule has 0 aliphatic heterocycles. The van der Waals surface area contributed by atoms with E-state index in [9.17, 15) is 9.59 Å². The molecule has 1 unspecified atom stereocenters. The standard InChI is InChI=1S/C17H18N2O4/c1-11(16(18)20)23-13-9-7-12(8-10-13)19-17(21)14-5-3-4-6-15(14)22-2/h3-11H,1-2H3,(H2,18,20)(H,19,21). The summed E-state index contributed by atoms with van der Waals surface area (Å²) in [5, 5.41) is 2.77. The molecule has 0 spiro atoms. The van der Waals surface area contributed by atoms with Crippen molar-refractivity contribution in [2.24, 2.45) is 5.73 Å². The summed E-state index contributed by atoms with van der Waals surface area (Å²) in [5.41, 5.74) is 6.18. The van der Waals surface area contributed by atoms with Crippen LogP contribution in [0.5, 0.6) is 11.5 Å². The summed E-state index contributed by atoms with van der Waals surface area (Å²) in [7, 11) is 1.51. The average Bonchev–Trinajstić information content (AvgIpc) is 2.56. The Morgan fingerprint density at radius 3 is 2.35 bits per heavy atom. The summed E-state index contributed by atoms with van der Waals surface area (Å²) in [6.45, 7) is 1.57.